The Morgan fingerprint density at radius 2 is 2.12 bits per heavy atom. The maximum atomic E-state index is 5.53. The van der Waals surface area contributed by atoms with Crippen LogP contribution in [0.3, 0.4) is 0 Å². The summed E-state index contributed by atoms with van der Waals surface area (Å²) < 4.78 is 11.0. The zero-order chi connectivity index (χ0) is 11.5. The van der Waals surface area contributed by atoms with Crippen LogP contribution in [-0.4, -0.2) is 18.2 Å². The Morgan fingerprint density at radius 3 is 2.94 bits per heavy atom. The first-order valence-electron chi connectivity index (χ1n) is 5.43. The fourth-order valence-electron chi connectivity index (χ4n) is 1.67. The third kappa shape index (κ3) is 2.34. The molecule has 1 N–H and O–H groups in total. The smallest absolute Gasteiger partial charge is 0.163 e. The molecule has 5 heteroatoms. The van der Waals surface area contributed by atoms with Gasteiger partial charge in [-0.2, -0.15) is 0 Å². The van der Waals surface area contributed by atoms with E-state index in [-0.39, 0.29) is 0 Å². The van der Waals surface area contributed by atoms with Gasteiger partial charge >= 0.3 is 0 Å². The molecule has 3 rings (SSSR count). The Bertz CT molecular complexity index is 499. The quantitative estimate of drug-likeness (QED) is 0.906. The van der Waals surface area contributed by atoms with Gasteiger partial charge in [-0.1, -0.05) is 0 Å². The molecule has 2 aromatic rings. The Balaban J connectivity index is 1.71. The molecule has 0 unspecified atom stereocenters. The lowest BCUT2D eigenvalue weighted by Crippen LogP contribution is -2.15. The van der Waals surface area contributed by atoms with Gasteiger partial charge in [0.1, 0.15) is 13.2 Å². The van der Waals surface area contributed by atoms with Crippen LogP contribution in [0.25, 0.3) is 0 Å². The van der Waals surface area contributed by atoms with Crippen LogP contribution in [0.4, 0.5) is 5.69 Å². The second kappa shape index (κ2) is 4.63. The van der Waals surface area contributed by atoms with Crippen molar-refractivity contribution in [3.8, 4) is 11.5 Å². The van der Waals surface area contributed by atoms with Gasteiger partial charge in [0.25, 0.3) is 0 Å². The number of aromatic nitrogens is 1. The van der Waals surface area contributed by atoms with E-state index in [0.29, 0.717) is 13.2 Å². The highest BCUT2D eigenvalue weighted by atomic mass is 32.1. The molecule has 0 saturated carbocycles. The highest BCUT2D eigenvalue weighted by Gasteiger charge is 2.11. The average Bonchev–Trinajstić information content (AvgIpc) is 2.89. The van der Waals surface area contributed by atoms with Crippen molar-refractivity contribution in [1.82, 2.24) is 4.98 Å². The minimum atomic E-state index is 0.616. The van der Waals surface area contributed by atoms with Gasteiger partial charge in [0.05, 0.1) is 12.1 Å². The summed E-state index contributed by atoms with van der Waals surface area (Å²) in [5.74, 6) is 1.63. The first kappa shape index (κ1) is 10.4. The fourth-order valence-corrected chi connectivity index (χ4v) is 2.21. The highest BCUT2D eigenvalue weighted by molar-refractivity contribution is 7.09. The van der Waals surface area contributed by atoms with Gasteiger partial charge < -0.3 is 14.8 Å². The number of hydrogen-bond donors (Lipinski definition) is 1. The molecule has 2 heterocycles. The van der Waals surface area contributed by atoms with Crippen LogP contribution >= 0.6 is 11.3 Å². The number of thiazole rings is 1. The third-order valence-corrected chi connectivity index (χ3v) is 3.27. The Kier molecular flexibility index (Phi) is 2.83. The number of nitrogens with one attached hydrogen (secondary N) is 1. The zero-order valence-electron chi connectivity index (χ0n) is 9.18. The normalized spacial score (nSPS) is 13.4. The number of rotatable bonds is 3. The van der Waals surface area contributed by atoms with Crippen LogP contribution in [0, 0.1) is 0 Å². The van der Waals surface area contributed by atoms with E-state index in [4.69, 9.17) is 9.47 Å². The highest BCUT2D eigenvalue weighted by Crippen LogP contribution is 2.32. The van der Waals surface area contributed by atoms with E-state index in [1.54, 1.807) is 11.3 Å². The lowest BCUT2D eigenvalue weighted by Gasteiger charge is -2.19. The summed E-state index contributed by atoms with van der Waals surface area (Å²) in [4.78, 5) is 5.25. The molecule has 1 aliphatic heterocycles. The maximum absolute atomic E-state index is 5.53. The SMILES string of the molecule is c1ncc(CNc2ccc3c(c2)OCCO3)s1. The number of ether oxygens (including phenoxy) is 2. The summed E-state index contributed by atoms with van der Waals surface area (Å²) in [7, 11) is 0. The number of fused-ring (bicyclic) bond motifs is 1. The molecule has 0 amide bonds. The second-order valence-electron chi connectivity index (χ2n) is 3.68. The van der Waals surface area contributed by atoms with E-state index in [9.17, 15) is 0 Å². The van der Waals surface area contributed by atoms with Crippen molar-refractivity contribution in [2.75, 3.05) is 18.5 Å². The van der Waals surface area contributed by atoms with E-state index >= 15 is 0 Å². The molecule has 1 aliphatic rings. The lowest BCUT2D eigenvalue weighted by atomic mass is 10.2. The van der Waals surface area contributed by atoms with E-state index < -0.39 is 0 Å². The molecule has 17 heavy (non-hydrogen) atoms. The number of anilines is 1. The van der Waals surface area contributed by atoms with Crippen LogP contribution < -0.4 is 14.8 Å². The zero-order valence-corrected chi connectivity index (χ0v) is 10.00. The van der Waals surface area contributed by atoms with Gasteiger partial charge in [-0.05, 0) is 12.1 Å². The molecule has 0 bridgehead atoms. The molecule has 0 atom stereocenters. The van der Waals surface area contributed by atoms with Crippen LogP contribution in [0.15, 0.2) is 29.9 Å². The molecular weight excluding hydrogens is 236 g/mol. The summed E-state index contributed by atoms with van der Waals surface area (Å²) in [6, 6.07) is 5.90. The summed E-state index contributed by atoms with van der Waals surface area (Å²) in [6.45, 7) is 2.02. The lowest BCUT2D eigenvalue weighted by molar-refractivity contribution is 0.171. The van der Waals surface area contributed by atoms with Crippen LogP contribution in [-0.2, 0) is 6.54 Å². The van der Waals surface area contributed by atoms with Crippen molar-refractivity contribution >= 4 is 17.0 Å². The van der Waals surface area contributed by atoms with Gasteiger partial charge in [-0.15, -0.1) is 11.3 Å². The molecule has 0 aliphatic carbocycles. The summed E-state index contributed by atoms with van der Waals surface area (Å²) in [5.41, 5.74) is 2.86. The van der Waals surface area contributed by atoms with Crippen LogP contribution in [0.5, 0.6) is 11.5 Å². The summed E-state index contributed by atoms with van der Waals surface area (Å²) in [5, 5.41) is 3.33. The summed E-state index contributed by atoms with van der Waals surface area (Å²) in [6.07, 6.45) is 1.87. The predicted octanol–water partition coefficient (Wildman–Crippen LogP) is 2.53. The molecule has 1 aromatic heterocycles. The van der Waals surface area contributed by atoms with Gasteiger partial charge in [-0.3, -0.25) is 4.98 Å². The van der Waals surface area contributed by atoms with E-state index in [0.717, 1.165) is 23.7 Å². The first-order valence-corrected chi connectivity index (χ1v) is 6.31. The van der Waals surface area contributed by atoms with E-state index in [2.05, 4.69) is 10.3 Å². The predicted molar refractivity (Wildman–Crippen MR) is 66.9 cm³/mol. The molecule has 0 fully saturated rings. The Morgan fingerprint density at radius 1 is 1.24 bits per heavy atom. The van der Waals surface area contributed by atoms with Crippen LogP contribution in [0.1, 0.15) is 4.88 Å². The van der Waals surface area contributed by atoms with E-state index in [1.807, 2.05) is 29.9 Å². The van der Waals surface area contributed by atoms with E-state index in [1.165, 1.54) is 4.88 Å². The molecule has 0 saturated heterocycles. The van der Waals surface area contributed by atoms with Crippen molar-refractivity contribution < 1.29 is 9.47 Å². The summed E-state index contributed by atoms with van der Waals surface area (Å²) >= 11 is 1.64. The number of hydrogen-bond acceptors (Lipinski definition) is 5. The van der Waals surface area contributed by atoms with Gasteiger partial charge in [0, 0.05) is 22.8 Å². The topological polar surface area (TPSA) is 43.4 Å². The van der Waals surface area contributed by atoms with Crippen molar-refractivity contribution in [2.45, 2.75) is 6.54 Å². The largest absolute Gasteiger partial charge is 0.486 e. The van der Waals surface area contributed by atoms with Crippen molar-refractivity contribution in [3.05, 3.63) is 34.8 Å². The van der Waals surface area contributed by atoms with Crippen LogP contribution in [0.2, 0.25) is 0 Å². The molecular formula is C12H12N2O2S. The standard InChI is InChI=1S/C12H12N2O2S/c1-2-11-12(16-4-3-15-11)5-9(1)14-7-10-6-13-8-17-10/h1-2,5-6,8,14H,3-4,7H2. The average molecular weight is 248 g/mol. The second-order valence-corrected chi connectivity index (χ2v) is 4.65. The molecule has 0 radical (unpaired) electrons. The van der Waals surface area contributed by atoms with Gasteiger partial charge in [0.2, 0.25) is 0 Å². The first-order chi connectivity index (χ1) is 8.42. The molecule has 0 spiro atoms. The van der Waals surface area contributed by atoms with Gasteiger partial charge in [0.15, 0.2) is 11.5 Å². The van der Waals surface area contributed by atoms with Gasteiger partial charge in [-0.25, -0.2) is 0 Å². The minimum absolute atomic E-state index is 0.616. The fraction of sp³-hybridized carbons (Fsp3) is 0.250. The monoisotopic (exact) mass is 248 g/mol. The van der Waals surface area contributed by atoms with Crippen molar-refractivity contribution in [1.29, 1.82) is 0 Å². The molecule has 88 valence electrons. The maximum Gasteiger partial charge on any atom is 0.163 e. The Hall–Kier alpha value is -1.75. The third-order valence-electron chi connectivity index (χ3n) is 2.49. The minimum Gasteiger partial charge on any atom is -0.486 e. The molecule has 4 nitrogen and oxygen atoms in total. The number of nitrogens with zero attached hydrogens (tertiary/aromatic N) is 1. The number of benzene rings is 1. The van der Waals surface area contributed by atoms with Crippen molar-refractivity contribution in [3.63, 3.8) is 0 Å². The van der Waals surface area contributed by atoms with Crippen molar-refractivity contribution in [2.24, 2.45) is 0 Å². The Labute approximate surface area is 103 Å². The molecule has 1 aromatic carbocycles.